The van der Waals surface area contributed by atoms with E-state index in [4.69, 9.17) is 29.3 Å². The standard InChI is InChI=1S/C26H37NO2.C2H2O4/c1-3-4-10-17-27-18-15-23(26(21-27)28-2)16-19-29-25-14-9-8-13-24(25)20-22-11-6-5-7-12-22;3-1(4)2(5)6/h5-9,11-14,23,26H,3-4,10,15-21H2,1-2H3;(H,3,4)(H,5,6). The van der Waals surface area contributed by atoms with E-state index in [1.807, 2.05) is 7.11 Å². The van der Waals surface area contributed by atoms with Gasteiger partial charge >= 0.3 is 11.9 Å². The highest BCUT2D eigenvalue weighted by Crippen LogP contribution is 2.26. The van der Waals surface area contributed by atoms with Crippen molar-refractivity contribution >= 4 is 11.9 Å². The Bertz CT molecular complexity index is 876. The molecule has 0 aromatic heterocycles. The van der Waals surface area contributed by atoms with Gasteiger partial charge in [0, 0.05) is 20.1 Å². The number of hydrogen-bond donors (Lipinski definition) is 2. The Hall–Kier alpha value is -2.90. The number of unbranched alkanes of at least 4 members (excludes halogenated alkanes) is 2. The third-order valence-corrected chi connectivity index (χ3v) is 6.30. The maximum atomic E-state index is 9.10. The van der Waals surface area contributed by atoms with Crippen LogP contribution in [0.15, 0.2) is 54.6 Å². The van der Waals surface area contributed by atoms with Crippen molar-refractivity contribution in [2.24, 2.45) is 5.92 Å². The molecule has 3 rings (SSSR count). The van der Waals surface area contributed by atoms with E-state index in [1.165, 1.54) is 49.9 Å². The van der Waals surface area contributed by atoms with Crippen LogP contribution in [-0.2, 0) is 20.7 Å². The molecule has 1 aliphatic rings. The molecule has 0 aliphatic carbocycles. The van der Waals surface area contributed by atoms with Gasteiger partial charge in [-0.2, -0.15) is 0 Å². The molecule has 1 saturated heterocycles. The minimum absolute atomic E-state index is 0.327. The second kappa shape index (κ2) is 15.9. The van der Waals surface area contributed by atoms with Gasteiger partial charge in [-0.3, -0.25) is 0 Å². The molecule has 1 aliphatic heterocycles. The van der Waals surface area contributed by atoms with E-state index in [9.17, 15) is 0 Å². The number of carboxylic acid groups (broad SMARTS) is 2. The van der Waals surface area contributed by atoms with Crippen molar-refractivity contribution in [1.29, 1.82) is 0 Å². The Labute approximate surface area is 208 Å². The molecule has 192 valence electrons. The molecule has 2 aromatic rings. The molecular weight excluding hydrogens is 446 g/mol. The molecular formula is C28H39NO6. The molecule has 0 amide bonds. The first-order chi connectivity index (χ1) is 16.9. The van der Waals surface area contributed by atoms with Crippen LogP contribution in [0.4, 0.5) is 0 Å². The molecule has 0 spiro atoms. The number of rotatable bonds is 11. The Morgan fingerprint density at radius 3 is 2.34 bits per heavy atom. The van der Waals surface area contributed by atoms with Gasteiger partial charge in [-0.1, -0.05) is 68.3 Å². The molecule has 0 bridgehead atoms. The number of methoxy groups -OCH3 is 1. The molecule has 2 unspecified atom stereocenters. The molecule has 2 aromatic carbocycles. The van der Waals surface area contributed by atoms with E-state index in [0.717, 1.165) is 31.7 Å². The van der Waals surface area contributed by atoms with Crippen molar-refractivity contribution in [3.63, 3.8) is 0 Å². The lowest BCUT2D eigenvalue weighted by Gasteiger charge is -2.38. The summed E-state index contributed by atoms with van der Waals surface area (Å²) >= 11 is 0. The second-order valence-corrected chi connectivity index (χ2v) is 8.85. The average Bonchev–Trinajstić information content (AvgIpc) is 2.87. The summed E-state index contributed by atoms with van der Waals surface area (Å²) in [5, 5.41) is 14.8. The fraction of sp³-hybridized carbons (Fsp3) is 0.500. The number of para-hydroxylation sites is 1. The fourth-order valence-electron chi connectivity index (χ4n) is 4.34. The highest BCUT2D eigenvalue weighted by molar-refractivity contribution is 6.27. The van der Waals surface area contributed by atoms with Crippen molar-refractivity contribution in [2.45, 2.75) is 51.6 Å². The van der Waals surface area contributed by atoms with Gasteiger partial charge in [-0.15, -0.1) is 0 Å². The lowest BCUT2D eigenvalue weighted by molar-refractivity contribution is -0.159. The summed E-state index contributed by atoms with van der Waals surface area (Å²) in [7, 11) is 1.86. The zero-order valence-corrected chi connectivity index (χ0v) is 20.9. The maximum Gasteiger partial charge on any atom is 0.414 e. The summed E-state index contributed by atoms with van der Waals surface area (Å²) in [5.74, 6) is -2.05. The second-order valence-electron chi connectivity index (χ2n) is 8.85. The summed E-state index contributed by atoms with van der Waals surface area (Å²) < 4.78 is 12.1. The zero-order valence-electron chi connectivity index (χ0n) is 20.9. The molecule has 1 fully saturated rings. The van der Waals surface area contributed by atoms with E-state index >= 15 is 0 Å². The van der Waals surface area contributed by atoms with E-state index < -0.39 is 11.9 Å². The van der Waals surface area contributed by atoms with E-state index in [2.05, 4.69) is 66.4 Å². The average molecular weight is 486 g/mol. The maximum absolute atomic E-state index is 9.10. The van der Waals surface area contributed by atoms with Crippen LogP contribution in [0, 0.1) is 5.92 Å². The fourth-order valence-corrected chi connectivity index (χ4v) is 4.34. The zero-order chi connectivity index (χ0) is 25.5. The lowest BCUT2D eigenvalue weighted by atomic mass is 9.90. The minimum Gasteiger partial charge on any atom is -0.493 e. The highest BCUT2D eigenvalue weighted by Gasteiger charge is 2.28. The summed E-state index contributed by atoms with van der Waals surface area (Å²) in [4.78, 5) is 20.8. The number of likely N-dealkylation sites (tertiary alicyclic amines) is 1. The number of carboxylic acids is 2. The number of carbonyl (C=O) groups is 2. The van der Waals surface area contributed by atoms with Crippen LogP contribution >= 0.6 is 0 Å². The lowest BCUT2D eigenvalue weighted by Crippen LogP contribution is -2.45. The number of nitrogens with zero attached hydrogens (tertiary/aromatic N) is 1. The SMILES string of the molecule is CCCCCN1CCC(CCOc2ccccc2Cc2ccccc2)C(OC)C1.O=C(O)C(=O)O. The quantitative estimate of drug-likeness (QED) is 0.351. The van der Waals surface area contributed by atoms with Crippen LogP contribution in [0.1, 0.15) is 50.2 Å². The molecule has 0 saturated carbocycles. The predicted molar refractivity (Wildman–Crippen MR) is 136 cm³/mol. The first kappa shape index (κ1) is 28.3. The van der Waals surface area contributed by atoms with Gasteiger partial charge in [-0.25, -0.2) is 9.59 Å². The highest BCUT2D eigenvalue weighted by atomic mass is 16.5. The molecule has 7 heteroatoms. The van der Waals surface area contributed by atoms with E-state index in [-0.39, 0.29) is 0 Å². The third-order valence-electron chi connectivity index (χ3n) is 6.30. The number of ether oxygens (including phenoxy) is 2. The monoisotopic (exact) mass is 485 g/mol. The van der Waals surface area contributed by atoms with Gasteiger partial charge in [-0.05, 0) is 55.5 Å². The molecule has 1 heterocycles. The van der Waals surface area contributed by atoms with Gasteiger partial charge in [0.2, 0.25) is 0 Å². The summed E-state index contributed by atoms with van der Waals surface area (Å²) in [6, 6.07) is 19.0. The van der Waals surface area contributed by atoms with Crippen molar-refractivity contribution in [3.8, 4) is 5.75 Å². The Balaban J connectivity index is 0.000000641. The van der Waals surface area contributed by atoms with Crippen molar-refractivity contribution < 1.29 is 29.3 Å². The van der Waals surface area contributed by atoms with E-state index in [0.29, 0.717) is 12.0 Å². The first-order valence-electron chi connectivity index (χ1n) is 12.4. The third kappa shape index (κ3) is 10.5. The van der Waals surface area contributed by atoms with Gasteiger partial charge < -0.3 is 24.6 Å². The van der Waals surface area contributed by atoms with Crippen molar-refractivity contribution in [1.82, 2.24) is 4.90 Å². The van der Waals surface area contributed by atoms with Crippen LogP contribution < -0.4 is 4.74 Å². The number of hydrogen-bond acceptors (Lipinski definition) is 5. The molecule has 2 N–H and O–H groups in total. The number of aliphatic carboxylic acids is 2. The van der Waals surface area contributed by atoms with Gasteiger partial charge in [0.15, 0.2) is 0 Å². The van der Waals surface area contributed by atoms with Crippen LogP contribution in [-0.4, -0.2) is 66.5 Å². The van der Waals surface area contributed by atoms with Crippen LogP contribution in [0.3, 0.4) is 0 Å². The van der Waals surface area contributed by atoms with Crippen LogP contribution in [0.5, 0.6) is 5.75 Å². The Kier molecular flexibility index (Phi) is 12.9. The van der Waals surface area contributed by atoms with Gasteiger partial charge in [0.25, 0.3) is 0 Å². The summed E-state index contributed by atoms with van der Waals surface area (Å²) in [5.41, 5.74) is 2.58. The molecule has 7 nitrogen and oxygen atoms in total. The van der Waals surface area contributed by atoms with Crippen LogP contribution in [0.2, 0.25) is 0 Å². The normalized spacial score (nSPS) is 17.8. The first-order valence-corrected chi connectivity index (χ1v) is 12.4. The smallest absolute Gasteiger partial charge is 0.414 e. The van der Waals surface area contributed by atoms with Gasteiger partial charge in [0.1, 0.15) is 5.75 Å². The molecule has 0 radical (unpaired) electrons. The predicted octanol–water partition coefficient (Wildman–Crippen LogP) is 4.73. The number of benzene rings is 2. The van der Waals surface area contributed by atoms with Gasteiger partial charge in [0.05, 0.1) is 12.7 Å². The topological polar surface area (TPSA) is 96.3 Å². The van der Waals surface area contributed by atoms with Crippen molar-refractivity contribution in [3.05, 3.63) is 65.7 Å². The summed E-state index contributed by atoms with van der Waals surface area (Å²) in [6.45, 7) is 6.49. The Morgan fingerprint density at radius 1 is 1.00 bits per heavy atom. The Morgan fingerprint density at radius 2 is 1.69 bits per heavy atom. The largest absolute Gasteiger partial charge is 0.493 e. The van der Waals surface area contributed by atoms with E-state index in [1.54, 1.807) is 0 Å². The van der Waals surface area contributed by atoms with Crippen molar-refractivity contribution in [2.75, 3.05) is 33.4 Å². The number of piperidine rings is 1. The minimum atomic E-state index is -1.82. The summed E-state index contributed by atoms with van der Waals surface area (Å²) in [6.07, 6.45) is 7.42. The van der Waals surface area contributed by atoms with Crippen LogP contribution in [0.25, 0.3) is 0 Å². The molecule has 2 atom stereocenters. The molecule has 35 heavy (non-hydrogen) atoms.